The first-order valence-corrected chi connectivity index (χ1v) is 14.4. The number of aliphatic hydroxyl groups excluding tert-OH is 3. The molecule has 6 atom stereocenters. The van der Waals surface area contributed by atoms with Gasteiger partial charge in [-0.15, -0.1) is 11.6 Å². The molecule has 6 unspecified atom stereocenters. The van der Waals surface area contributed by atoms with Crippen molar-refractivity contribution in [1.29, 1.82) is 0 Å². The van der Waals surface area contributed by atoms with Gasteiger partial charge in [-0.3, -0.25) is 14.4 Å². The van der Waals surface area contributed by atoms with Crippen molar-refractivity contribution >= 4 is 47.0 Å². The fourth-order valence-corrected chi connectivity index (χ4v) is 3.75. The van der Waals surface area contributed by atoms with Gasteiger partial charge in [0.25, 0.3) is 0 Å². The second-order valence-electron chi connectivity index (χ2n) is 9.50. The Morgan fingerprint density at radius 1 is 1.02 bits per heavy atom. The van der Waals surface area contributed by atoms with Crippen LogP contribution in [0.25, 0.3) is 0 Å². The Morgan fingerprint density at radius 2 is 1.65 bits per heavy atom. The molecule has 0 aromatic heterocycles. The molecular weight excluding hydrogens is 603 g/mol. The summed E-state index contributed by atoms with van der Waals surface area (Å²) in [6.45, 7) is 5.43. The number of nitrogens with one attached hydrogen (secondary N) is 1. The van der Waals surface area contributed by atoms with Crippen LogP contribution in [-0.4, -0.2) is 80.5 Å². The number of halogens is 2. The van der Waals surface area contributed by atoms with Crippen LogP contribution in [0.3, 0.4) is 0 Å². The van der Waals surface area contributed by atoms with Crippen molar-refractivity contribution in [3.05, 3.63) is 71.4 Å². The molecule has 0 spiro atoms. The minimum Gasteiger partial charge on any atom is -0.481 e. The number of carbonyl (C=O) groups excluding carboxylic acids is 3. The van der Waals surface area contributed by atoms with E-state index in [1.165, 1.54) is 25.2 Å². The highest BCUT2D eigenvalue weighted by atomic mass is 35.5. The fourth-order valence-electron chi connectivity index (χ4n) is 3.32. The van der Waals surface area contributed by atoms with E-state index in [1.807, 2.05) is 13.8 Å². The highest BCUT2D eigenvalue weighted by molar-refractivity contribution is 6.30. The smallest absolute Gasteiger partial charge is 0.405 e. The minimum atomic E-state index is -1.87. The number of amides is 2. The van der Waals surface area contributed by atoms with Crippen LogP contribution in [0.15, 0.2) is 71.4 Å². The van der Waals surface area contributed by atoms with Crippen LogP contribution in [0, 0.1) is 5.92 Å². The van der Waals surface area contributed by atoms with Crippen LogP contribution in [0.5, 0.6) is 0 Å². The number of aliphatic carboxylic acids is 1. The van der Waals surface area contributed by atoms with Crippen molar-refractivity contribution in [2.24, 2.45) is 11.7 Å². The molecule has 11 nitrogen and oxygen atoms in total. The lowest BCUT2D eigenvalue weighted by Crippen LogP contribution is -2.43. The van der Waals surface area contributed by atoms with E-state index >= 15 is 0 Å². The molecule has 0 heterocycles. The molecule has 0 radical (unpaired) electrons. The number of carboxylic acid groups (broad SMARTS) is 1. The average Bonchev–Trinajstić information content (AvgIpc) is 2.95. The Hall–Kier alpha value is -3.22. The number of nitrogens with two attached hydrogens (primary N) is 1. The number of alkyl halides is 1. The summed E-state index contributed by atoms with van der Waals surface area (Å²) < 4.78 is 4.88. The van der Waals surface area contributed by atoms with Gasteiger partial charge in [0.1, 0.15) is 17.6 Å². The van der Waals surface area contributed by atoms with Crippen molar-refractivity contribution in [2.75, 3.05) is 6.54 Å². The highest BCUT2D eigenvalue weighted by Crippen LogP contribution is 2.23. The highest BCUT2D eigenvalue weighted by Gasteiger charge is 2.34. The summed E-state index contributed by atoms with van der Waals surface area (Å²) in [5.41, 5.74) is 5.88. The van der Waals surface area contributed by atoms with Crippen molar-refractivity contribution < 1.29 is 44.3 Å². The standard InChI is InChI=1S/C30H42Cl2N2O9/c1-4-5-14-24(43-30(33)42)27(32)22(35)18-23(36)29(41)28(40)20(3)21(31)13-8-6-11-19(2)12-7-9-15-25(37)34-17-10-16-26(38)39/h5-9,11-15,20,22,24,27-29,35,40-41H,4,10,16-18H2,1-3H3,(H2,33,42)(H,34,37)(H,38,39)/b8-6+,12-7+,14-5+,15-9+,19-11+,21-13-. The van der Waals surface area contributed by atoms with Crippen LogP contribution in [0.4, 0.5) is 4.79 Å². The van der Waals surface area contributed by atoms with E-state index in [4.69, 9.17) is 38.8 Å². The third-order valence-electron chi connectivity index (χ3n) is 5.82. The Balaban J connectivity index is 4.96. The summed E-state index contributed by atoms with van der Waals surface area (Å²) in [6, 6.07) is 0. The summed E-state index contributed by atoms with van der Waals surface area (Å²) in [5.74, 6) is -2.97. The van der Waals surface area contributed by atoms with Crippen LogP contribution in [-0.2, 0) is 19.1 Å². The van der Waals surface area contributed by atoms with E-state index in [0.717, 1.165) is 5.57 Å². The zero-order valence-electron chi connectivity index (χ0n) is 24.4. The molecule has 2 amide bonds. The summed E-state index contributed by atoms with van der Waals surface area (Å²) in [6.07, 6.45) is 9.00. The lowest BCUT2D eigenvalue weighted by Gasteiger charge is -2.26. The monoisotopic (exact) mass is 644 g/mol. The van der Waals surface area contributed by atoms with Gasteiger partial charge in [0, 0.05) is 36.4 Å². The van der Waals surface area contributed by atoms with E-state index in [-0.39, 0.29) is 23.9 Å². The van der Waals surface area contributed by atoms with Crippen LogP contribution in [0.1, 0.15) is 46.5 Å². The Kier molecular flexibility index (Phi) is 20.7. The molecule has 0 aliphatic rings. The Morgan fingerprint density at radius 3 is 2.26 bits per heavy atom. The van der Waals surface area contributed by atoms with E-state index in [0.29, 0.717) is 12.8 Å². The number of rotatable bonds is 20. The number of allylic oxidation sites excluding steroid dienone is 9. The SMILES string of the molecule is CC/C=C/C(OC(N)=O)C(Cl)C(O)CC(=O)C(O)C(O)C(C)/C(Cl)=C/C=C/C=C(C)/C=C/C=C/C(=O)NCCCC(=O)O. The van der Waals surface area contributed by atoms with Gasteiger partial charge < -0.3 is 36.2 Å². The average molecular weight is 646 g/mol. The van der Waals surface area contributed by atoms with E-state index in [1.54, 1.807) is 42.5 Å². The molecule has 0 aromatic carbocycles. The van der Waals surface area contributed by atoms with Gasteiger partial charge in [0.15, 0.2) is 5.78 Å². The quantitative estimate of drug-likeness (QED) is 0.0378. The number of ketones is 1. The lowest BCUT2D eigenvalue weighted by atomic mass is 9.93. The van der Waals surface area contributed by atoms with E-state index in [2.05, 4.69) is 5.32 Å². The molecule has 0 fully saturated rings. The van der Waals surface area contributed by atoms with Gasteiger partial charge in [-0.05, 0) is 31.9 Å². The summed E-state index contributed by atoms with van der Waals surface area (Å²) in [7, 11) is 0. The predicted octanol–water partition coefficient (Wildman–Crippen LogP) is 3.42. The molecule has 240 valence electrons. The maximum absolute atomic E-state index is 12.5. The Bertz CT molecular complexity index is 1100. The van der Waals surface area contributed by atoms with Gasteiger partial charge >= 0.3 is 12.1 Å². The van der Waals surface area contributed by atoms with Crippen LogP contribution in [0.2, 0.25) is 0 Å². The zero-order chi connectivity index (χ0) is 32.9. The van der Waals surface area contributed by atoms with Gasteiger partial charge in [0.2, 0.25) is 5.91 Å². The number of carboxylic acids is 1. The molecule has 13 heteroatoms. The van der Waals surface area contributed by atoms with Crippen LogP contribution < -0.4 is 11.1 Å². The molecular formula is C30H42Cl2N2O9. The van der Waals surface area contributed by atoms with Gasteiger partial charge in [-0.1, -0.05) is 73.6 Å². The number of primary amides is 1. The zero-order valence-corrected chi connectivity index (χ0v) is 25.9. The molecule has 7 N–H and O–H groups in total. The first-order valence-electron chi connectivity index (χ1n) is 13.6. The fraction of sp³-hybridized carbons (Fsp3) is 0.467. The van der Waals surface area contributed by atoms with Crippen molar-refractivity contribution in [2.45, 2.75) is 76.2 Å². The van der Waals surface area contributed by atoms with Crippen LogP contribution >= 0.6 is 23.2 Å². The topological polar surface area (TPSA) is 196 Å². The number of Topliss-reactive ketones (excluding diaryl/α,β-unsaturated/α-hetero) is 1. The number of hydrogen-bond donors (Lipinski definition) is 6. The first kappa shape index (κ1) is 39.8. The lowest BCUT2D eigenvalue weighted by molar-refractivity contribution is -0.137. The first-order chi connectivity index (χ1) is 20.2. The van der Waals surface area contributed by atoms with Crippen molar-refractivity contribution in [3.63, 3.8) is 0 Å². The largest absolute Gasteiger partial charge is 0.481 e. The minimum absolute atomic E-state index is 0.0143. The molecule has 0 aromatic rings. The molecule has 0 bridgehead atoms. The van der Waals surface area contributed by atoms with Gasteiger partial charge in [-0.25, -0.2) is 4.79 Å². The van der Waals surface area contributed by atoms with E-state index in [9.17, 15) is 34.5 Å². The number of ether oxygens (including phenoxy) is 1. The molecule has 0 rings (SSSR count). The summed E-state index contributed by atoms with van der Waals surface area (Å²) >= 11 is 12.4. The van der Waals surface area contributed by atoms with Crippen molar-refractivity contribution in [3.8, 4) is 0 Å². The maximum Gasteiger partial charge on any atom is 0.405 e. The number of carbonyl (C=O) groups is 4. The predicted molar refractivity (Wildman–Crippen MR) is 165 cm³/mol. The third kappa shape index (κ3) is 18.1. The third-order valence-corrected chi connectivity index (χ3v) is 6.83. The molecule has 43 heavy (non-hydrogen) atoms. The van der Waals surface area contributed by atoms with E-state index < -0.39 is 60.0 Å². The van der Waals surface area contributed by atoms with Crippen molar-refractivity contribution in [1.82, 2.24) is 5.32 Å². The molecule has 0 saturated heterocycles. The number of aliphatic hydroxyl groups is 3. The second-order valence-corrected chi connectivity index (χ2v) is 10.4. The normalized spacial score (nSPS) is 17.2. The maximum atomic E-state index is 12.5. The summed E-state index contributed by atoms with van der Waals surface area (Å²) in [5, 5.41) is 41.3. The van der Waals surface area contributed by atoms with Gasteiger partial charge in [0.05, 0.1) is 12.2 Å². The Labute approximate surface area is 262 Å². The number of hydrogen-bond acceptors (Lipinski definition) is 8. The molecule has 0 saturated carbocycles. The second kappa shape index (κ2) is 22.3. The molecule has 0 aliphatic heterocycles. The van der Waals surface area contributed by atoms with Gasteiger partial charge in [-0.2, -0.15) is 0 Å². The summed E-state index contributed by atoms with van der Waals surface area (Å²) in [4.78, 5) is 45.8. The molecule has 0 aliphatic carbocycles.